The van der Waals surface area contributed by atoms with Crippen molar-refractivity contribution in [2.75, 3.05) is 6.61 Å². The summed E-state index contributed by atoms with van der Waals surface area (Å²) in [7, 11) is 0. The first kappa shape index (κ1) is 17.3. The van der Waals surface area contributed by atoms with Gasteiger partial charge < -0.3 is 4.74 Å². The van der Waals surface area contributed by atoms with E-state index in [1.165, 1.54) is 25.7 Å². The van der Waals surface area contributed by atoms with Crippen molar-refractivity contribution in [1.29, 1.82) is 0 Å². The highest BCUT2D eigenvalue weighted by atomic mass is 35.5. The van der Waals surface area contributed by atoms with Crippen LogP contribution in [0.1, 0.15) is 71.1 Å². The smallest absolute Gasteiger partial charge is 0.213 e. The average molecular weight is 298 g/mol. The average Bonchev–Trinajstić information content (AvgIpc) is 2.41. The maximum atomic E-state index is 5.96. The molecule has 0 atom stereocenters. The molecule has 0 aromatic carbocycles. The predicted molar refractivity (Wildman–Crippen MR) is 86.7 cm³/mol. The molecular formula is C17H28ClNO. The van der Waals surface area contributed by atoms with Gasteiger partial charge in [-0.15, -0.1) is 11.6 Å². The monoisotopic (exact) mass is 297 g/mol. The minimum absolute atomic E-state index is 0.0152. The zero-order valence-corrected chi connectivity index (χ0v) is 14.1. The molecule has 0 amide bonds. The molecule has 0 saturated heterocycles. The van der Waals surface area contributed by atoms with Crippen molar-refractivity contribution in [3.63, 3.8) is 0 Å². The highest BCUT2D eigenvalue weighted by molar-refractivity contribution is 6.17. The lowest BCUT2D eigenvalue weighted by molar-refractivity contribution is 0.291. The second kappa shape index (κ2) is 8.51. The molecule has 0 radical (unpaired) electrons. The van der Waals surface area contributed by atoms with Gasteiger partial charge in [0.2, 0.25) is 5.88 Å². The maximum absolute atomic E-state index is 5.96. The summed E-state index contributed by atoms with van der Waals surface area (Å²) in [5.41, 5.74) is 2.13. The lowest BCUT2D eigenvalue weighted by Crippen LogP contribution is -2.15. The van der Waals surface area contributed by atoms with Crippen molar-refractivity contribution in [3.8, 4) is 5.88 Å². The highest BCUT2D eigenvalue weighted by Gasteiger charge is 2.17. The highest BCUT2D eigenvalue weighted by Crippen LogP contribution is 2.25. The zero-order valence-electron chi connectivity index (χ0n) is 13.3. The molecule has 0 aliphatic heterocycles. The van der Waals surface area contributed by atoms with Crippen molar-refractivity contribution < 1.29 is 4.74 Å². The van der Waals surface area contributed by atoms with Crippen LogP contribution in [0.3, 0.4) is 0 Å². The summed E-state index contributed by atoms with van der Waals surface area (Å²) in [6.07, 6.45) is 6.21. The van der Waals surface area contributed by atoms with Crippen LogP contribution in [-0.4, -0.2) is 11.6 Å². The molecule has 1 heterocycles. The van der Waals surface area contributed by atoms with Gasteiger partial charge in [-0.2, -0.15) is 0 Å². The van der Waals surface area contributed by atoms with Crippen LogP contribution < -0.4 is 4.74 Å². The quantitative estimate of drug-likeness (QED) is 0.469. The van der Waals surface area contributed by atoms with Crippen LogP contribution in [0.15, 0.2) is 12.1 Å². The second-order valence-electron chi connectivity index (χ2n) is 6.35. The van der Waals surface area contributed by atoms with Gasteiger partial charge in [-0.25, -0.2) is 4.98 Å². The van der Waals surface area contributed by atoms with E-state index in [4.69, 9.17) is 16.3 Å². The number of unbranched alkanes of at least 4 members (excludes halogenated alkanes) is 4. The molecule has 2 nitrogen and oxygen atoms in total. The third-order valence-electron chi connectivity index (χ3n) is 3.28. The maximum Gasteiger partial charge on any atom is 0.213 e. The summed E-state index contributed by atoms with van der Waals surface area (Å²) in [6, 6.07) is 4.02. The minimum atomic E-state index is 0.0152. The van der Waals surface area contributed by atoms with Gasteiger partial charge in [0.25, 0.3) is 0 Å². The molecule has 0 unspecified atom stereocenters. The third-order valence-corrected chi connectivity index (χ3v) is 3.59. The molecule has 0 aliphatic rings. The molecule has 0 bridgehead atoms. The SMILES string of the molecule is CCCCCCCOc1cc(CCl)cc(C(C)(C)C)n1. The second-order valence-corrected chi connectivity index (χ2v) is 6.61. The number of ether oxygens (including phenoxy) is 1. The molecule has 3 heteroatoms. The molecule has 1 rings (SSSR count). The van der Waals surface area contributed by atoms with E-state index in [0.29, 0.717) is 11.8 Å². The van der Waals surface area contributed by atoms with Gasteiger partial charge in [0.05, 0.1) is 12.3 Å². The summed E-state index contributed by atoms with van der Waals surface area (Å²) < 4.78 is 5.79. The van der Waals surface area contributed by atoms with E-state index in [9.17, 15) is 0 Å². The topological polar surface area (TPSA) is 22.1 Å². The Morgan fingerprint density at radius 2 is 1.80 bits per heavy atom. The summed E-state index contributed by atoms with van der Waals surface area (Å²) in [4.78, 5) is 4.61. The Morgan fingerprint density at radius 3 is 2.40 bits per heavy atom. The lowest BCUT2D eigenvalue weighted by Gasteiger charge is -2.19. The standard InChI is InChI=1S/C17H28ClNO/c1-5-6-7-8-9-10-20-16-12-14(13-18)11-15(19-16)17(2,3)4/h11-12H,5-10,13H2,1-4H3. The molecule has 20 heavy (non-hydrogen) atoms. The first-order valence-electron chi connectivity index (χ1n) is 7.67. The molecule has 1 aromatic heterocycles. The fourth-order valence-electron chi connectivity index (χ4n) is 1.98. The van der Waals surface area contributed by atoms with Crippen molar-refractivity contribution in [1.82, 2.24) is 4.98 Å². The number of nitrogens with zero attached hydrogens (tertiary/aromatic N) is 1. The van der Waals surface area contributed by atoms with Gasteiger partial charge in [0.1, 0.15) is 0 Å². The van der Waals surface area contributed by atoms with Gasteiger partial charge in [0, 0.05) is 17.4 Å². The van der Waals surface area contributed by atoms with E-state index in [-0.39, 0.29) is 5.41 Å². The van der Waals surface area contributed by atoms with Crippen LogP contribution in [-0.2, 0) is 11.3 Å². The van der Waals surface area contributed by atoms with Gasteiger partial charge >= 0.3 is 0 Å². The molecule has 0 fully saturated rings. The van der Waals surface area contributed by atoms with Crippen LogP contribution in [0.5, 0.6) is 5.88 Å². The molecule has 0 aliphatic carbocycles. The Hall–Kier alpha value is -0.760. The van der Waals surface area contributed by atoms with Gasteiger partial charge in [0.15, 0.2) is 0 Å². The Morgan fingerprint density at radius 1 is 1.10 bits per heavy atom. The van der Waals surface area contributed by atoms with E-state index < -0.39 is 0 Å². The fourth-order valence-corrected chi connectivity index (χ4v) is 2.13. The van der Waals surface area contributed by atoms with E-state index in [0.717, 1.165) is 24.3 Å². The van der Waals surface area contributed by atoms with Gasteiger partial charge in [-0.3, -0.25) is 0 Å². The number of hydrogen-bond acceptors (Lipinski definition) is 2. The summed E-state index contributed by atoms with van der Waals surface area (Å²) in [5.74, 6) is 1.21. The first-order chi connectivity index (χ1) is 9.47. The minimum Gasteiger partial charge on any atom is -0.478 e. The van der Waals surface area contributed by atoms with Gasteiger partial charge in [-0.05, 0) is 18.1 Å². The van der Waals surface area contributed by atoms with Crippen LogP contribution >= 0.6 is 11.6 Å². The van der Waals surface area contributed by atoms with Crippen LogP contribution in [0.25, 0.3) is 0 Å². The van der Waals surface area contributed by atoms with Crippen LogP contribution in [0, 0.1) is 0 Å². The van der Waals surface area contributed by atoms with Crippen molar-refractivity contribution in [3.05, 3.63) is 23.4 Å². The van der Waals surface area contributed by atoms with Crippen molar-refractivity contribution in [2.45, 2.75) is 71.1 Å². The summed E-state index contributed by atoms with van der Waals surface area (Å²) >= 11 is 5.96. The van der Waals surface area contributed by atoms with Crippen LogP contribution in [0.4, 0.5) is 0 Å². The largest absolute Gasteiger partial charge is 0.478 e. The van der Waals surface area contributed by atoms with E-state index in [2.05, 4.69) is 38.7 Å². The van der Waals surface area contributed by atoms with E-state index >= 15 is 0 Å². The molecule has 114 valence electrons. The van der Waals surface area contributed by atoms with Crippen molar-refractivity contribution >= 4 is 11.6 Å². The fraction of sp³-hybridized carbons (Fsp3) is 0.706. The first-order valence-corrected chi connectivity index (χ1v) is 8.21. The lowest BCUT2D eigenvalue weighted by atomic mass is 9.91. The Kier molecular flexibility index (Phi) is 7.36. The Bertz CT molecular complexity index is 398. The number of rotatable bonds is 8. The number of halogens is 1. The molecule has 0 spiro atoms. The van der Waals surface area contributed by atoms with Crippen LogP contribution in [0.2, 0.25) is 0 Å². The molecular weight excluding hydrogens is 270 g/mol. The predicted octanol–water partition coefficient (Wildman–Crippen LogP) is 5.47. The Balaban J connectivity index is 2.56. The summed E-state index contributed by atoms with van der Waals surface area (Å²) in [5, 5.41) is 0. The van der Waals surface area contributed by atoms with E-state index in [1.807, 2.05) is 6.07 Å². The number of hydrogen-bond donors (Lipinski definition) is 0. The van der Waals surface area contributed by atoms with Crippen molar-refractivity contribution in [2.24, 2.45) is 0 Å². The van der Waals surface area contributed by atoms with Gasteiger partial charge in [-0.1, -0.05) is 53.4 Å². The summed E-state index contributed by atoms with van der Waals surface area (Å²) in [6.45, 7) is 9.43. The number of alkyl halides is 1. The van der Waals surface area contributed by atoms with E-state index in [1.54, 1.807) is 0 Å². The molecule has 1 aromatic rings. The molecule has 0 N–H and O–H groups in total. The Labute approximate surface area is 128 Å². The third kappa shape index (κ3) is 6.13. The molecule has 0 saturated carbocycles. The number of pyridine rings is 1. The normalized spacial score (nSPS) is 11.7. The zero-order chi connectivity index (χ0) is 15.0. The number of aromatic nitrogens is 1.